The van der Waals surface area contributed by atoms with Gasteiger partial charge < -0.3 is 5.32 Å². The maximum atomic E-state index is 12.6. The summed E-state index contributed by atoms with van der Waals surface area (Å²) >= 11 is 0. The molecule has 1 saturated carbocycles. The summed E-state index contributed by atoms with van der Waals surface area (Å²) in [4.78, 5) is 0. The van der Waals surface area contributed by atoms with Crippen LogP contribution in [0.25, 0.3) is 0 Å². The van der Waals surface area contributed by atoms with Gasteiger partial charge in [-0.15, -0.1) is 0 Å². The van der Waals surface area contributed by atoms with Gasteiger partial charge >= 0.3 is 0 Å². The van der Waals surface area contributed by atoms with E-state index in [4.69, 9.17) is 0 Å². The van der Waals surface area contributed by atoms with Gasteiger partial charge in [0.25, 0.3) is 0 Å². The zero-order chi connectivity index (χ0) is 14.2. The molecule has 3 rings (SSSR count). The van der Waals surface area contributed by atoms with E-state index in [1.54, 1.807) is 4.31 Å². The van der Waals surface area contributed by atoms with Crippen molar-refractivity contribution in [2.75, 3.05) is 16.6 Å². The number of para-hydroxylation sites is 1. The monoisotopic (exact) mass is 294 g/mol. The first-order valence-corrected chi connectivity index (χ1v) is 9.02. The normalized spacial score (nSPS) is 22.1. The Labute approximate surface area is 121 Å². The van der Waals surface area contributed by atoms with Crippen molar-refractivity contribution >= 4 is 15.7 Å². The first-order chi connectivity index (χ1) is 9.58. The zero-order valence-corrected chi connectivity index (χ0v) is 12.7. The van der Waals surface area contributed by atoms with Crippen LogP contribution in [0.3, 0.4) is 0 Å². The SMILES string of the molecule is CC1Cc2ccccc2N1S(=O)(=O)CCCNC1CC1. The summed E-state index contributed by atoms with van der Waals surface area (Å²) < 4.78 is 26.8. The second-order valence-electron chi connectivity index (χ2n) is 5.88. The number of hydrogen-bond donors (Lipinski definition) is 1. The minimum absolute atomic E-state index is 0.0359. The van der Waals surface area contributed by atoms with Gasteiger partial charge in [-0.25, -0.2) is 8.42 Å². The fraction of sp³-hybridized carbons (Fsp3) is 0.600. The molecule has 0 spiro atoms. The average Bonchev–Trinajstić information content (AvgIpc) is 3.15. The van der Waals surface area contributed by atoms with Gasteiger partial charge in [0.15, 0.2) is 0 Å². The molecule has 0 bridgehead atoms. The fourth-order valence-corrected chi connectivity index (χ4v) is 4.71. The lowest BCUT2D eigenvalue weighted by molar-refractivity contribution is 0.577. The Hall–Kier alpha value is -1.07. The van der Waals surface area contributed by atoms with Crippen molar-refractivity contribution in [3.8, 4) is 0 Å². The molecule has 1 N–H and O–H groups in total. The Morgan fingerprint density at radius 3 is 2.80 bits per heavy atom. The van der Waals surface area contributed by atoms with Gasteiger partial charge in [-0.05, 0) is 50.8 Å². The lowest BCUT2D eigenvalue weighted by Crippen LogP contribution is -2.38. The maximum Gasteiger partial charge on any atom is 0.235 e. The molecule has 0 saturated heterocycles. The van der Waals surface area contributed by atoms with Crippen LogP contribution in [0.2, 0.25) is 0 Å². The first kappa shape index (κ1) is 13.9. The van der Waals surface area contributed by atoms with Crippen LogP contribution in [0, 0.1) is 0 Å². The predicted octanol–water partition coefficient (Wildman–Crippen LogP) is 1.91. The molecule has 1 aromatic rings. The van der Waals surface area contributed by atoms with Crippen LogP contribution >= 0.6 is 0 Å². The summed E-state index contributed by atoms with van der Waals surface area (Å²) in [6.45, 7) is 2.79. The van der Waals surface area contributed by atoms with Gasteiger partial charge in [-0.1, -0.05) is 18.2 Å². The highest BCUT2D eigenvalue weighted by atomic mass is 32.2. The van der Waals surface area contributed by atoms with Crippen molar-refractivity contribution in [1.29, 1.82) is 0 Å². The van der Waals surface area contributed by atoms with Crippen LogP contribution in [0.5, 0.6) is 0 Å². The van der Waals surface area contributed by atoms with Crippen molar-refractivity contribution in [2.45, 2.75) is 44.7 Å². The molecule has 5 heteroatoms. The molecule has 1 aromatic carbocycles. The molecule has 0 aromatic heterocycles. The highest BCUT2D eigenvalue weighted by Crippen LogP contribution is 2.34. The summed E-state index contributed by atoms with van der Waals surface area (Å²) in [6, 6.07) is 8.50. The van der Waals surface area contributed by atoms with Gasteiger partial charge in [-0.3, -0.25) is 4.31 Å². The summed E-state index contributed by atoms with van der Waals surface area (Å²) in [7, 11) is -3.21. The standard InChI is InChI=1S/C15H22N2O2S/c1-12-11-13-5-2-3-6-15(13)17(12)20(18,19)10-4-9-16-14-7-8-14/h2-3,5-6,12,14,16H,4,7-11H2,1H3. The van der Waals surface area contributed by atoms with Gasteiger partial charge in [-0.2, -0.15) is 0 Å². The Balaban J connectivity index is 1.66. The van der Waals surface area contributed by atoms with Crippen LogP contribution in [-0.2, 0) is 16.4 Å². The molecule has 1 unspecified atom stereocenters. The number of nitrogens with one attached hydrogen (secondary N) is 1. The van der Waals surface area contributed by atoms with E-state index in [2.05, 4.69) is 5.32 Å². The second-order valence-corrected chi connectivity index (χ2v) is 7.84. The summed E-state index contributed by atoms with van der Waals surface area (Å²) in [5.41, 5.74) is 2.01. The molecule has 20 heavy (non-hydrogen) atoms. The smallest absolute Gasteiger partial charge is 0.235 e. The molecule has 2 aliphatic rings. The molecular formula is C15H22N2O2S. The molecule has 4 nitrogen and oxygen atoms in total. The second kappa shape index (κ2) is 5.37. The van der Waals surface area contributed by atoms with Gasteiger partial charge in [0, 0.05) is 12.1 Å². The number of hydrogen-bond acceptors (Lipinski definition) is 3. The van der Waals surface area contributed by atoms with Crippen LogP contribution in [0.4, 0.5) is 5.69 Å². The summed E-state index contributed by atoms with van der Waals surface area (Å²) in [6.07, 6.45) is 3.98. The van der Waals surface area contributed by atoms with Crippen LogP contribution < -0.4 is 9.62 Å². The van der Waals surface area contributed by atoms with E-state index in [1.807, 2.05) is 31.2 Å². The average molecular weight is 294 g/mol. The van der Waals surface area contributed by atoms with Crippen molar-refractivity contribution < 1.29 is 8.42 Å². The van der Waals surface area contributed by atoms with Crippen LogP contribution in [0.15, 0.2) is 24.3 Å². The number of nitrogens with zero attached hydrogens (tertiary/aromatic N) is 1. The molecule has 0 amide bonds. The Morgan fingerprint density at radius 1 is 1.30 bits per heavy atom. The van der Waals surface area contributed by atoms with E-state index in [9.17, 15) is 8.42 Å². The molecule has 0 radical (unpaired) electrons. The van der Waals surface area contributed by atoms with Crippen LogP contribution in [-0.4, -0.2) is 32.8 Å². The number of benzene rings is 1. The number of fused-ring (bicyclic) bond motifs is 1. The molecular weight excluding hydrogens is 272 g/mol. The highest BCUT2D eigenvalue weighted by molar-refractivity contribution is 7.92. The summed E-state index contributed by atoms with van der Waals surface area (Å²) in [5, 5.41) is 3.37. The van der Waals surface area contributed by atoms with E-state index < -0.39 is 10.0 Å². The Morgan fingerprint density at radius 2 is 2.05 bits per heavy atom. The number of rotatable bonds is 6. The first-order valence-electron chi connectivity index (χ1n) is 7.41. The number of anilines is 1. The molecule has 1 aliphatic carbocycles. The molecule has 1 aliphatic heterocycles. The third kappa shape index (κ3) is 2.83. The van der Waals surface area contributed by atoms with E-state index in [0.29, 0.717) is 12.5 Å². The maximum absolute atomic E-state index is 12.6. The highest BCUT2D eigenvalue weighted by Gasteiger charge is 2.34. The molecule has 1 atom stereocenters. The van der Waals surface area contributed by atoms with Gasteiger partial charge in [0.2, 0.25) is 10.0 Å². The van der Waals surface area contributed by atoms with Gasteiger partial charge in [0.05, 0.1) is 11.4 Å². The quantitative estimate of drug-likeness (QED) is 0.815. The molecule has 1 heterocycles. The van der Waals surface area contributed by atoms with E-state index in [0.717, 1.165) is 24.2 Å². The van der Waals surface area contributed by atoms with Crippen molar-refractivity contribution in [1.82, 2.24) is 5.32 Å². The lowest BCUT2D eigenvalue weighted by Gasteiger charge is -2.24. The Bertz CT molecular complexity index is 581. The van der Waals surface area contributed by atoms with E-state index in [1.165, 1.54) is 12.8 Å². The third-order valence-corrected chi connectivity index (χ3v) is 5.99. The Kier molecular flexibility index (Phi) is 3.73. The molecule has 110 valence electrons. The third-order valence-electron chi connectivity index (χ3n) is 4.03. The fourth-order valence-electron chi connectivity index (χ4n) is 2.91. The summed E-state index contributed by atoms with van der Waals surface area (Å²) in [5.74, 6) is 0.228. The van der Waals surface area contributed by atoms with Crippen LogP contribution in [0.1, 0.15) is 31.7 Å². The van der Waals surface area contributed by atoms with Crippen molar-refractivity contribution in [3.05, 3.63) is 29.8 Å². The minimum Gasteiger partial charge on any atom is -0.314 e. The lowest BCUT2D eigenvalue weighted by atomic mass is 10.1. The topological polar surface area (TPSA) is 49.4 Å². The largest absolute Gasteiger partial charge is 0.314 e. The van der Waals surface area contributed by atoms with E-state index in [-0.39, 0.29) is 11.8 Å². The minimum atomic E-state index is -3.21. The van der Waals surface area contributed by atoms with Gasteiger partial charge in [0.1, 0.15) is 0 Å². The van der Waals surface area contributed by atoms with E-state index >= 15 is 0 Å². The molecule has 1 fully saturated rings. The van der Waals surface area contributed by atoms with Crippen molar-refractivity contribution in [3.63, 3.8) is 0 Å². The number of sulfonamides is 1. The van der Waals surface area contributed by atoms with Crippen molar-refractivity contribution in [2.24, 2.45) is 0 Å². The zero-order valence-electron chi connectivity index (χ0n) is 11.9. The predicted molar refractivity (Wildman–Crippen MR) is 81.5 cm³/mol.